The summed E-state index contributed by atoms with van der Waals surface area (Å²) in [5.74, 6) is -0.877. The Morgan fingerprint density at radius 2 is 0.919 bits per heavy atom. The molecule has 0 amide bonds. The minimum atomic E-state index is -4.64. The number of carbonyl (C=O) groups is 2. The zero-order chi connectivity index (χ0) is 45.7. The molecular formula is C52H96NO8P. The van der Waals surface area contributed by atoms with Gasteiger partial charge in [0, 0.05) is 12.8 Å². The van der Waals surface area contributed by atoms with Crippen LogP contribution < -0.4 is 4.89 Å². The van der Waals surface area contributed by atoms with Gasteiger partial charge in [0.05, 0.1) is 27.7 Å². The second-order valence-electron chi connectivity index (χ2n) is 18.2. The summed E-state index contributed by atoms with van der Waals surface area (Å²) in [4.78, 5) is 37.7. The van der Waals surface area contributed by atoms with E-state index in [-0.39, 0.29) is 26.1 Å². The number of quaternary nitrogens is 1. The Balaban J connectivity index is 4.24. The number of hydrogen-bond acceptors (Lipinski definition) is 8. The largest absolute Gasteiger partial charge is 0.756 e. The van der Waals surface area contributed by atoms with Gasteiger partial charge in [-0.2, -0.15) is 0 Å². The molecule has 0 bridgehead atoms. The van der Waals surface area contributed by atoms with Crippen LogP contribution >= 0.6 is 7.82 Å². The van der Waals surface area contributed by atoms with Gasteiger partial charge < -0.3 is 27.9 Å². The first-order valence-electron chi connectivity index (χ1n) is 25.3. The number of ether oxygens (including phenoxy) is 2. The smallest absolute Gasteiger partial charge is 0.306 e. The average molecular weight is 894 g/mol. The van der Waals surface area contributed by atoms with Gasteiger partial charge in [-0.1, -0.05) is 204 Å². The van der Waals surface area contributed by atoms with Gasteiger partial charge in [0.25, 0.3) is 7.82 Å². The molecule has 0 heterocycles. The first-order chi connectivity index (χ1) is 30.0. The lowest BCUT2D eigenvalue weighted by Gasteiger charge is -2.28. The van der Waals surface area contributed by atoms with Gasteiger partial charge in [0.15, 0.2) is 6.10 Å². The van der Waals surface area contributed by atoms with E-state index in [1.807, 2.05) is 21.1 Å². The molecule has 0 aromatic carbocycles. The normalized spacial score (nSPS) is 13.8. The van der Waals surface area contributed by atoms with Gasteiger partial charge in [-0.3, -0.25) is 14.2 Å². The number of phosphoric acid groups is 1. The Hall–Kier alpha value is -2.03. The maximum Gasteiger partial charge on any atom is 0.306 e. The standard InChI is InChI=1S/C52H96NO8P/c1-6-8-10-12-14-16-18-20-22-23-24-25-26-27-28-29-31-33-35-37-39-41-43-45-52(55)61-50(49-60-62(56,57)59-47-46-53(3,4)5)48-58-51(54)44-42-40-38-36-34-32-30-21-19-17-15-13-11-9-7-2/h9,11,15,17,21,30,34,36,50H,6-8,10,12-14,16,18-20,22-29,31-33,35,37-49H2,1-5H3/b11-9+,17-15+,30-21+,36-34+/t50-/m1/s1. The van der Waals surface area contributed by atoms with Crippen LogP contribution in [0.4, 0.5) is 0 Å². The van der Waals surface area contributed by atoms with Crippen LogP contribution in [-0.4, -0.2) is 70.0 Å². The Kier molecular flexibility index (Phi) is 42.7. The Morgan fingerprint density at radius 1 is 0.516 bits per heavy atom. The summed E-state index contributed by atoms with van der Waals surface area (Å²) in [6, 6.07) is 0. The van der Waals surface area contributed by atoms with E-state index in [4.69, 9.17) is 18.5 Å². The van der Waals surface area contributed by atoms with Crippen molar-refractivity contribution in [1.82, 2.24) is 0 Å². The number of hydrogen-bond donors (Lipinski definition) is 0. The van der Waals surface area contributed by atoms with Crippen molar-refractivity contribution in [2.75, 3.05) is 47.5 Å². The number of likely N-dealkylation sites (N-methyl/N-ethyl adjacent to an activating group) is 1. The Morgan fingerprint density at radius 3 is 1.37 bits per heavy atom. The molecule has 0 rings (SSSR count). The molecule has 0 radical (unpaired) electrons. The lowest BCUT2D eigenvalue weighted by molar-refractivity contribution is -0.870. The first-order valence-corrected chi connectivity index (χ1v) is 26.8. The van der Waals surface area contributed by atoms with E-state index in [0.717, 1.165) is 57.8 Å². The maximum atomic E-state index is 12.7. The highest BCUT2D eigenvalue weighted by atomic mass is 31.2. The van der Waals surface area contributed by atoms with E-state index in [1.165, 1.54) is 122 Å². The molecule has 0 N–H and O–H groups in total. The molecule has 0 fully saturated rings. The molecule has 0 aliphatic rings. The van der Waals surface area contributed by atoms with Crippen molar-refractivity contribution in [3.63, 3.8) is 0 Å². The summed E-state index contributed by atoms with van der Waals surface area (Å²) >= 11 is 0. The van der Waals surface area contributed by atoms with E-state index in [2.05, 4.69) is 62.5 Å². The molecule has 9 nitrogen and oxygen atoms in total. The van der Waals surface area contributed by atoms with Crippen LogP contribution in [0.25, 0.3) is 0 Å². The van der Waals surface area contributed by atoms with Crippen molar-refractivity contribution in [2.24, 2.45) is 0 Å². The second kappa shape index (κ2) is 44.2. The van der Waals surface area contributed by atoms with E-state index < -0.39 is 32.5 Å². The van der Waals surface area contributed by atoms with Gasteiger partial charge >= 0.3 is 11.9 Å². The van der Waals surface area contributed by atoms with Crippen LogP contribution in [0.5, 0.6) is 0 Å². The third-order valence-corrected chi connectivity index (χ3v) is 11.8. The highest BCUT2D eigenvalue weighted by Gasteiger charge is 2.21. The molecule has 0 aliphatic carbocycles. The van der Waals surface area contributed by atoms with Crippen molar-refractivity contribution in [1.29, 1.82) is 0 Å². The minimum Gasteiger partial charge on any atom is -0.756 e. The van der Waals surface area contributed by atoms with Crippen LogP contribution in [0.1, 0.15) is 219 Å². The lowest BCUT2D eigenvalue weighted by atomic mass is 10.0. The summed E-state index contributed by atoms with van der Waals surface area (Å²) in [7, 11) is 1.15. The molecule has 1 unspecified atom stereocenters. The molecule has 2 atom stereocenters. The third-order valence-electron chi connectivity index (χ3n) is 10.9. The quantitative estimate of drug-likeness (QED) is 0.0195. The van der Waals surface area contributed by atoms with Crippen LogP contribution in [0, 0.1) is 0 Å². The van der Waals surface area contributed by atoms with Crippen molar-refractivity contribution in [2.45, 2.75) is 225 Å². The molecule has 62 heavy (non-hydrogen) atoms. The SMILES string of the molecule is CC/C=C/C/C=C/C/C=C/C/C=C/CCCCC(=O)OC[C@H](COP(=O)([O-])OCC[N+](C)(C)C)OC(=O)CCCCCCCCCCCCCCCCCCCCCCCCC. The van der Waals surface area contributed by atoms with Gasteiger partial charge in [-0.05, 0) is 51.4 Å². The van der Waals surface area contributed by atoms with E-state index in [9.17, 15) is 19.0 Å². The molecule has 362 valence electrons. The zero-order valence-electron chi connectivity index (χ0n) is 40.8. The summed E-state index contributed by atoms with van der Waals surface area (Å²) in [5, 5.41) is 0. The number of esters is 2. The summed E-state index contributed by atoms with van der Waals surface area (Å²) in [6.45, 7) is 4.09. The number of rotatable bonds is 46. The summed E-state index contributed by atoms with van der Waals surface area (Å²) < 4.78 is 34.0. The molecule has 0 spiro atoms. The monoisotopic (exact) mass is 894 g/mol. The molecule has 10 heteroatoms. The van der Waals surface area contributed by atoms with E-state index in [0.29, 0.717) is 23.9 Å². The van der Waals surface area contributed by atoms with Crippen LogP contribution in [-0.2, 0) is 32.7 Å². The van der Waals surface area contributed by atoms with Crippen LogP contribution in [0.2, 0.25) is 0 Å². The first kappa shape index (κ1) is 60.0. The third kappa shape index (κ3) is 47.4. The van der Waals surface area contributed by atoms with Gasteiger partial charge in [0.2, 0.25) is 0 Å². The highest BCUT2D eigenvalue weighted by molar-refractivity contribution is 7.45. The Bertz CT molecular complexity index is 1190. The predicted molar refractivity (Wildman–Crippen MR) is 259 cm³/mol. The zero-order valence-corrected chi connectivity index (χ0v) is 41.7. The van der Waals surface area contributed by atoms with Crippen molar-refractivity contribution < 1.29 is 42.1 Å². The van der Waals surface area contributed by atoms with Crippen molar-refractivity contribution in [3.05, 3.63) is 48.6 Å². The van der Waals surface area contributed by atoms with Crippen molar-refractivity contribution >= 4 is 19.8 Å². The fourth-order valence-electron chi connectivity index (χ4n) is 6.94. The topological polar surface area (TPSA) is 111 Å². The molecule has 0 saturated heterocycles. The number of phosphoric ester groups is 1. The van der Waals surface area contributed by atoms with Gasteiger partial charge in [-0.15, -0.1) is 0 Å². The number of nitrogens with zero attached hydrogens (tertiary/aromatic N) is 1. The molecular weight excluding hydrogens is 798 g/mol. The van der Waals surface area contributed by atoms with Crippen LogP contribution in [0.3, 0.4) is 0 Å². The second-order valence-corrected chi connectivity index (χ2v) is 19.6. The number of allylic oxidation sites excluding steroid dienone is 8. The molecule has 0 aromatic rings. The van der Waals surface area contributed by atoms with Gasteiger partial charge in [-0.25, -0.2) is 0 Å². The maximum absolute atomic E-state index is 12.7. The molecule has 0 aromatic heterocycles. The van der Waals surface area contributed by atoms with E-state index >= 15 is 0 Å². The number of carbonyl (C=O) groups excluding carboxylic acids is 2. The van der Waals surface area contributed by atoms with E-state index in [1.54, 1.807) is 0 Å². The van der Waals surface area contributed by atoms with Gasteiger partial charge in [0.1, 0.15) is 19.8 Å². The fraction of sp³-hybridized carbons (Fsp3) is 0.808. The highest BCUT2D eigenvalue weighted by Crippen LogP contribution is 2.38. The van der Waals surface area contributed by atoms with Crippen LogP contribution in [0.15, 0.2) is 48.6 Å². The fourth-order valence-corrected chi connectivity index (χ4v) is 7.67. The summed E-state index contributed by atoms with van der Waals surface area (Å²) in [6.07, 6.45) is 53.0. The predicted octanol–water partition coefficient (Wildman–Crippen LogP) is 14.4. The average Bonchev–Trinajstić information content (AvgIpc) is 3.23. The molecule has 0 saturated carbocycles. The van der Waals surface area contributed by atoms with Crippen molar-refractivity contribution in [3.8, 4) is 0 Å². The lowest BCUT2D eigenvalue weighted by Crippen LogP contribution is -2.37. The summed E-state index contributed by atoms with van der Waals surface area (Å²) in [5.41, 5.74) is 0. The minimum absolute atomic E-state index is 0.0375. The Labute approximate surface area is 382 Å². The number of unbranched alkanes of at least 4 members (excludes halogenated alkanes) is 24. The molecule has 0 aliphatic heterocycles.